The number of amides is 1. The largest absolute Gasteiger partial charge is 0.506 e. The zero-order chi connectivity index (χ0) is 23.9. The van der Waals surface area contributed by atoms with Crippen molar-refractivity contribution in [2.45, 2.75) is 6.54 Å². The number of rotatable bonds is 7. The summed E-state index contributed by atoms with van der Waals surface area (Å²) in [6.07, 6.45) is 3.26. The highest BCUT2D eigenvalue weighted by Gasteiger charge is 2.17. The minimum atomic E-state index is -0.233. The molecule has 1 aliphatic rings. The number of carbonyl (C=O) groups excluding carboxylic acids is 1. The van der Waals surface area contributed by atoms with Crippen molar-refractivity contribution in [3.8, 4) is 5.75 Å². The molecule has 34 heavy (non-hydrogen) atoms. The Bertz CT molecular complexity index is 1150. The number of hydrogen-bond donors (Lipinski definition) is 4. The lowest BCUT2D eigenvalue weighted by atomic mass is 10.1. The van der Waals surface area contributed by atoms with Crippen molar-refractivity contribution in [1.29, 1.82) is 0 Å². The summed E-state index contributed by atoms with van der Waals surface area (Å²) >= 11 is 0. The molecule has 3 aromatic rings. The van der Waals surface area contributed by atoms with Gasteiger partial charge in [0, 0.05) is 50.6 Å². The predicted molar refractivity (Wildman–Crippen MR) is 140 cm³/mol. The van der Waals surface area contributed by atoms with E-state index in [1.54, 1.807) is 24.3 Å². The third kappa shape index (κ3) is 6.08. The molecule has 1 heterocycles. The first-order chi connectivity index (χ1) is 16.5. The van der Waals surface area contributed by atoms with Crippen molar-refractivity contribution >= 4 is 34.7 Å². The summed E-state index contributed by atoms with van der Waals surface area (Å²) in [5, 5.41) is 16.6. The van der Waals surface area contributed by atoms with Crippen LogP contribution in [-0.2, 0) is 11.3 Å². The quantitative estimate of drug-likeness (QED) is 0.317. The topological polar surface area (TPSA) is 93.9 Å². The molecule has 0 radical (unpaired) electrons. The van der Waals surface area contributed by atoms with Gasteiger partial charge in [0.15, 0.2) is 0 Å². The van der Waals surface area contributed by atoms with Crippen LogP contribution < -0.4 is 21.3 Å². The minimum Gasteiger partial charge on any atom is -0.506 e. The highest BCUT2D eigenvalue weighted by atomic mass is 16.3. The van der Waals surface area contributed by atoms with Gasteiger partial charge in [0.05, 0.1) is 17.1 Å². The number of anilines is 4. The van der Waals surface area contributed by atoms with Crippen molar-refractivity contribution < 1.29 is 9.90 Å². The molecule has 0 atom stereocenters. The van der Waals surface area contributed by atoms with E-state index in [1.807, 2.05) is 48.5 Å². The number of nitrogens with zero attached hydrogens (tertiary/aromatic N) is 2. The predicted octanol–water partition coefficient (Wildman–Crippen LogP) is 3.99. The molecule has 176 valence electrons. The van der Waals surface area contributed by atoms with Gasteiger partial charge in [-0.2, -0.15) is 0 Å². The molecule has 7 nitrogen and oxygen atoms in total. The van der Waals surface area contributed by atoms with E-state index in [-0.39, 0.29) is 5.91 Å². The van der Waals surface area contributed by atoms with Crippen LogP contribution in [0.1, 0.15) is 11.1 Å². The molecule has 3 aromatic carbocycles. The lowest BCUT2D eigenvalue weighted by Crippen LogP contribution is -2.44. The lowest BCUT2D eigenvalue weighted by molar-refractivity contribution is -0.111. The SMILES string of the molecule is CN1CCN(c2ccc(NCc3ccc(C=CC(=O)Nc4ccccc4N)cc3)cc2O)CC1. The van der Waals surface area contributed by atoms with Gasteiger partial charge in [-0.25, -0.2) is 0 Å². The van der Waals surface area contributed by atoms with Gasteiger partial charge >= 0.3 is 0 Å². The van der Waals surface area contributed by atoms with Crippen LogP contribution in [0, 0.1) is 0 Å². The number of aromatic hydroxyl groups is 1. The first-order valence-corrected chi connectivity index (χ1v) is 11.4. The number of nitrogens with two attached hydrogens (primary N) is 1. The fraction of sp³-hybridized carbons (Fsp3) is 0.222. The first kappa shape index (κ1) is 23.2. The van der Waals surface area contributed by atoms with Crippen molar-refractivity contribution in [2.24, 2.45) is 0 Å². The molecule has 1 aliphatic heterocycles. The number of para-hydroxylation sites is 2. The lowest BCUT2D eigenvalue weighted by Gasteiger charge is -2.34. The molecule has 5 N–H and O–H groups in total. The Morgan fingerprint density at radius 3 is 2.47 bits per heavy atom. The molecule has 0 saturated carbocycles. The van der Waals surface area contributed by atoms with Crippen LogP contribution in [0.3, 0.4) is 0 Å². The fourth-order valence-corrected chi connectivity index (χ4v) is 3.86. The van der Waals surface area contributed by atoms with Crippen molar-refractivity contribution in [3.63, 3.8) is 0 Å². The summed E-state index contributed by atoms with van der Waals surface area (Å²) in [7, 11) is 2.12. The molecular formula is C27H31N5O2. The molecule has 1 saturated heterocycles. The first-order valence-electron chi connectivity index (χ1n) is 11.4. The van der Waals surface area contributed by atoms with E-state index in [4.69, 9.17) is 5.73 Å². The molecule has 1 amide bonds. The maximum absolute atomic E-state index is 12.1. The number of nitrogens with one attached hydrogen (secondary N) is 2. The van der Waals surface area contributed by atoms with Crippen molar-refractivity contribution in [3.05, 3.63) is 83.9 Å². The van der Waals surface area contributed by atoms with Crippen molar-refractivity contribution in [2.75, 3.05) is 54.5 Å². The van der Waals surface area contributed by atoms with Crippen LogP contribution in [0.15, 0.2) is 72.8 Å². The molecule has 0 bridgehead atoms. The third-order valence-corrected chi connectivity index (χ3v) is 5.94. The number of carbonyl (C=O) groups is 1. The fourth-order valence-electron chi connectivity index (χ4n) is 3.86. The van der Waals surface area contributed by atoms with E-state index >= 15 is 0 Å². The summed E-state index contributed by atoms with van der Waals surface area (Å²) in [5.41, 5.74) is 10.8. The van der Waals surface area contributed by atoms with E-state index in [1.165, 1.54) is 6.08 Å². The summed E-state index contributed by atoms with van der Waals surface area (Å²) < 4.78 is 0. The van der Waals surface area contributed by atoms with E-state index in [2.05, 4.69) is 27.5 Å². The van der Waals surface area contributed by atoms with Gasteiger partial charge in [-0.05, 0) is 48.5 Å². The average Bonchev–Trinajstić information content (AvgIpc) is 2.84. The molecule has 0 unspecified atom stereocenters. The Kier molecular flexibility index (Phi) is 7.34. The second-order valence-corrected chi connectivity index (χ2v) is 8.50. The highest BCUT2D eigenvalue weighted by Crippen LogP contribution is 2.31. The van der Waals surface area contributed by atoms with Crippen LogP contribution in [0.25, 0.3) is 6.08 Å². The molecular weight excluding hydrogens is 426 g/mol. The molecule has 1 fully saturated rings. The Labute approximate surface area is 200 Å². The number of benzene rings is 3. The van der Waals surface area contributed by atoms with Gasteiger partial charge in [-0.3, -0.25) is 4.79 Å². The standard InChI is InChI=1S/C27H31N5O2/c1-31-14-16-32(17-15-31)25-12-11-22(18-26(25)33)29-19-21-8-6-20(7-9-21)10-13-27(34)30-24-5-3-2-4-23(24)28/h2-13,18,29,33H,14-17,19,28H2,1H3,(H,30,34). The van der Waals surface area contributed by atoms with Crippen LogP contribution in [0.2, 0.25) is 0 Å². The van der Waals surface area contributed by atoms with Gasteiger partial charge in [-0.1, -0.05) is 36.4 Å². The number of nitrogen functional groups attached to an aromatic ring is 1. The maximum Gasteiger partial charge on any atom is 0.248 e. The number of piperazine rings is 1. The molecule has 7 heteroatoms. The Morgan fingerprint density at radius 2 is 1.76 bits per heavy atom. The zero-order valence-electron chi connectivity index (χ0n) is 19.4. The number of likely N-dealkylation sites (N-methyl/N-ethyl adjacent to an activating group) is 1. The normalized spacial score (nSPS) is 14.3. The van der Waals surface area contributed by atoms with E-state index in [9.17, 15) is 9.90 Å². The molecule has 0 aliphatic carbocycles. The van der Waals surface area contributed by atoms with Gasteiger partial charge in [-0.15, -0.1) is 0 Å². The van der Waals surface area contributed by atoms with E-state index in [0.717, 1.165) is 48.7 Å². The summed E-state index contributed by atoms with van der Waals surface area (Å²) in [6.45, 7) is 4.46. The number of phenolic OH excluding ortho intramolecular Hbond substituents is 1. The summed E-state index contributed by atoms with van der Waals surface area (Å²) in [5.74, 6) is 0.0639. The van der Waals surface area contributed by atoms with Crippen LogP contribution in [0.4, 0.5) is 22.7 Å². The second-order valence-electron chi connectivity index (χ2n) is 8.50. The summed E-state index contributed by atoms with van der Waals surface area (Å²) in [4.78, 5) is 16.7. The zero-order valence-corrected chi connectivity index (χ0v) is 19.4. The smallest absolute Gasteiger partial charge is 0.248 e. The van der Waals surface area contributed by atoms with E-state index in [0.29, 0.717) is 23.7 Å². The molecule has 4 rings (SSSR count). The summed E-state index contributed by atoms with van der Waals surface area (Å²) in [6, 6.07) is 20.9. The van der Waals surface area contributed by atoms with Gasteiger partial charge in [0.2, 0.25) is 5.91 Å². The molecule has 0 aromatic heterocycles. The average molecular weight is 458 g/mol. The third-order valence-electron chi connectivity index (χ3n) is 5.94. The molecule has 0 spiro atoms. The van der Waals surface area contributed by atoms with Crippen LogP contribution in [-0.4, -0.2) is 49.1 Å². The Morgan fingerprint density at radius 1 is 1.03 bits per heavy atom. The second kappa shape index (κ2) is 10.8. The number of phenols is 1. The monoisotopic (exact) mass is 457 g/mol. The van der Waals surface area contributed by atoms with Gasteiger partial charge in [0.25, 0.3) is 0 Å². The Balaban J connectivity index is 1.29. The van der Waals surface area contributed by atoms with Crippen molar-refractivity contribution in [1.82, 2.24) is 4.90 Å². The van der Waals surface area contributed by atoms with Crippen LogP contribution >= 0.6 is 0 Å². The highest BCUT2D eigenvalue weighted by molar-refractivity contribution is 6.03. The van der Waals surface area contributed by atoms with Gasteiger partial charge in [0.1, 0.15) is 5.75 Å². The minimum absolute atomic E-state index is 0.233. The number of hydrogen-bond acceptors (Lipinski definition) is 6. The van der Waals surface area contributed by atoms with Crippen LogP contribution in [0.5, 0.6) is 5.75 Å². The Hall–Kier alpha value is -3.97. The van der Waals surface area contributed by atoms with Gasteiger partial charge < -0.3 is 31.3 Å². The van der Waals surface area contributed by atoms with E-state index < -0.39 is 0 Å². The maximum atomic E-state index is 12.1.